The molecule has 3 fully saturated rings. The van der Waals surface area contributed by atoms with E-state index < -0.39 is 64.0 Å². The molecule has 7 N–H and O–H groups in total. The molecular formula is C85H135N13O16. The number of hydrogen-bond donors (Lipinski definition) is 7. The van der Waals surface area contributed by atoms with Gasteiger partial charge in [-0.25, -0.2) is 20.3 Å². The van der Waals surface area contributed by atoms with E-state index >= 15 is 0 Å². The van der Waals surface area contributed by atoms with Gasteiger partial charge >= 0.3 is 5.97 Å². The van der Waals surface area contributed by atoms with Gasteiger partial charge in [0.15, 0.2) is 0 Å². The first-order valence-corrected chi connectivity index (χ1v) is 40.7. The minimum Gasteiger partial charge on any atom is -0.481 e. The lowest BCUT2D eigenvalue weighted by molar-refractivity contribution is -0.184. The number of nitrogens with one attached hydrogen (secondary N) is 4. The molecule has 3 heterocycles. The van der Waals surface area contributed by atoms with Gasteiger partial charge in [0.1, 0.15) is 31.3 Å². The third-order valence-corrected chi connectivity index (χ3v) is 20.1. The highest BCUT2D eigenvalue weighted by Crippen LogP contribution is 2.28. The number of hydrogen-bond acceptors (Lipinski definition) is 18. The first kappa shape index (κ1) is 99.3. The van der Waals surface area contributed by atoms with Crippen molar-refractivity contribution >= 4 is 67.1 Å². The number of benzene rings is 3. The summed E-state index contributed by atoms with van der Waals surface area (Å²) in [4.78, 5) is 153. The Kier molecular flexibility index (Phi) is 46.4. The molecule has 0 aromatic heterocycles. The van der Waals surface area contributed by atoms with Crippen LogP contribution in [-0.2, 0) is 82.2 Å². The lowest BCUT2D eigenvalue weighted by Gasteiger charge is -2.40. The van der Waals surface area contributed by atoms with Crippen molar-refractivity contribution in [2.45, 2.75) is 224 Å². The van der Waals surface area contributed by atoms with E-state index in [4.69, 9.17) is 20.0 Å². The van der Waals surface area contributed by atoms with Crippen molar-refractivity contribution < 1.29 is 77.9 Å². The number of carbonyl (C=O) groups excluding carboxylic acids is 10. The lowest BCUT2D eigenvalue weighted by atomic mass is 9.84. The number of unbranched alkanes of at least 4 members (excludes halogenated alkanes) is 4. The average molecular weight is 1600 g/mol. The Labute approximate surface area is 677 Å². The lowest BCUT2D eigenvalue weighted by Crippen LogP contribution is -2.59. The van der Waals surface area contributed by atoms with Crippen LogP contribution in [0.2, 0.25) is 0 Å². The molecule has 7 atom stereocenters. The predicted octanol–water partition coefficient (Wildman–Crippen LogP) is 9.38. The Balaban J connectivity index is 0.000000401. The normalized spacial score (nSPS) is 15.6. The van der Waals surface area contributed by atoms with Gasteiger partial charge < -0.3 is 41.1 Å². The number of carbonyl (C=O) groups is 11. The number of piperazine rings is 2. The first-order valence-electron chi connectivity index (χ1n) is 40.7. The summed E-state index contributed by atoms with van der Waals surface area (Å²) in [6, 6.07) is 26.7. The Morgan fingerprint density at radius 2 is 0.807 bits per heavy atom. The van der Waals surface area contributed by atoms with Gasteiger partial charge in [-0.3, -0.25) is 77.7 Å². The van der Waals surface area contributed by atoms with E-state index in [0.29, 0.717) is 99.9 Å². The fraction of sp³-hybridized carbons (Fsp3) is 0.647. The number of hydroxylamine groups is 8. The molecule has 0 spiro atoms. The number of carboxylic acids is 1. The molecule has 636 valence electrons. The summed E-state index contributed by atoms with van der Waals surface area (Å²) in [6.45, 7) is 33.6. The van der Waals surface area contributed by atoms with E-state index in [1.54, 1.807) is 9.80 Å². The molecule has 3 aromatic rings. The first-order chi connectivity index (χ1) is 54.2. The van der Waals surface area contributed by atoms with Crippen LogP contribution in [0.5, 0.6) is 0 Å². The van der Waals surface area contributed by atoms with Crippen LogP contribution in [0.4, 0.5) is 0 Å². The van der Waals surface area contributed by atoms with Crippen LogP contribution in [0.15, 0.2) is 84.9 Å². The number of piperidine rings is 1. The molecular weight excluding hydrogens is 1460 g/mol. The highest BCUT2D eigenvalue weighted by atomic mass is 16.7. The van der Waals surface area contributed by atoms with Crippen LogP contribution >= 0.6 is 0 Å². The van der Waals surface area contributed by atoms with Crippen molar-refractivity contribution in [1.82, 2.24) is 61.1 Å². The fourth-order valence-electron chi connectivity index (χ4n) is 13.0. The molecule has 29 nitrogen and oxygen atoms in total. The van der Waals surface area contributed by atoms with Crippen LogP contribution in [0.1, 0.15) is 209 Å². The summed E-state index contributed by atoms with van der Waals surface area (Å²) < 4.78 is 0. The third kappa shape index (κ3) is 37.6. The molecule has 114 heavy (non-hydrogen) atoms. The van der Waals surface area contributed by atoms with Crippen molar-refractivity contribution in [3.63, 3.8) is 0 Å². The number of rotatable bonds is 42. The van der Waals surface area contributed by atoms with Gasteiger partial charge in [0.2, 0.25) is 61.1 Å². The van der Waals surface area contributed by atoms with E-state index in [2.05, 4.69) is 39.2 Å². The highest BCUT2D eigenvalue weighted by Gasteiger charge is 2.41. The van der Waals surface area contributed by atoms with Gasteiger partial charge in [0.05, 0.1) is 61.5 Å². The zero-order chi connectivity index (χ0) is 84.8. The highest BCUT2D eigenvalue weighted by molar-refractivity contribution is 5.91. The van der Waals surface area contributed by atoms with E-state index in [1.165, 1.54) is 5.06 Å². The summed E-state index contributed by atoms with van der Waals surface area (Å²) in [5, 5.41) is 52.5. The Hall–Kier alpha value is -8.92. The maximum atomic E-state index is 13.5. The summed E-state index contributed by atoms with van der Waals surface area (Å²) in [5.74, 6) is -4.13. The molecule has 3 aliphatic rings. The van der Waals surface area contributed by atoms with Crippen LogP contribution in [0.3, 0.4) is 0 Å². The number of nitrogens with zero attached hydrogens (tertiary/aromatic N) is 9. The number of aliphatic carboxylic acids is 1. The molecule has 3 aliphatic heterocycles. The van der Waals surface area contributed by atoms with Gasteiger partial charge in [0, 0.05) is 72.0 Å². The maximum Gasteiger partial charge on any atom is 0.308 e. The quantitative estimate of drug-likeness (QED) is 0.0158. The van der Waals surface area contributed by atoms with Gasteiger partial charge in [0.25, 0.3) is 0 Å². The van der Waals surface area contributed by atoms with Crippen LogP contribution < -0.4 is 21.3 Å². The minimum absolute atomic E-state index is 0.0163. The van der Waals surface area contributed by atoms with Crippen LogP contribution in [0.25, 0.3) is 0 Å². The van der Waals surface area contributed by atoms with Crippen molar-refractivity contribution in [1.29, 1.82) is 5.26 Å². The second-order valence-corrected chi connectivity index (χ2v) is 32.9. The van der Waals surface area contributed by atoms with E-state index in [1.807, 2.05) is 173 Å². The monoisotopic (exact) mass is 1590 g/mol. The Bertz CT molecular complexity index is 3370. The SMILES string of the molecule is CCCC[C@H](CN(C=O)OCc1ccccc1)C(=O)N[C@H](C(=O)N1CCCCC1)C(C)(C)C.CCCC[C@H](CN(C=O)OCc1ccccc1)C(=O)O.CCCC[C@H](CN(O)C=O)C(=O)N[C@H](C(=O)N1CCN(Cc2ccc(C#N)cc2)CC1)C(C)(C)C.CCCC[C@H](CN(O)C=O)C(=O)N[C@H](C(=O)N1CCNCC1)C(C)(C)C. The molecule has 0 radical (unpaired) electrons. The fourth-order valence-corrected chi connectivity index (χ4v) is 13.0. The molecule has 0 saturated carbocycles. The number of nitriles is 1. The van der Waals surface area contributed by atoms with Gasteiger partial charge in [-0.1, -0.05) is 214 Å². The molecule has 0 aliphatic carbocycles. The topological polar surface area (TPSA) is 365 Å². The molecule has 6 rings (SSSR count). The molecule has 3 saturated heterocycles. The summed E-state index contributed by atoms with van der Waals surface area (Å²) >= 11 is 0. The van der Waals surface area contributed by atoms with E-state index in [0.717, 1.165) is 125 Å². The third-order valence-electron chi connectivity index (χ3n) is 20.1. The Morgan fingerprint density at radius 3 is 1.14 bits per heavy atom. The molecule has 29 heteroatoms. The van der Waals surface area contributed by atoms with Crippen molar-refractivity contribution in [3.8, 4) is 6.07 Å². The van der Waals surface area contributed by atoms with Crippen molar-refractivity contribution in [2.24, 2.45) is 39.9 Å². The summed E-state index contributed by atoms with van der Waals surface area (Å²) in [6.07, 6.45) is 14.0. The molecule has 10 amide bonds. The zero-order valence-corrected chi connectivity index (χ0v) is 70.2. The van der Waals surface area contributed by atoms with Gasteiger partial charge in [-0.2, -0.15) is 5.26 Å². The summed E-state index contributed by atoms with van der Waals surface area (Å²) in [7, 11) is 0. The second kappa shape index (κ2) is 53.3. The van der Waals surface area contributed by atoms with Crippen molar-refractivity contribution in [3.05, 3.63) is 107 Å². The largest absolute Gasteiger partial charge is 0.481 e. The van der Waals surface area contributed by atoms with E-state index in [9.17, 15) is 63.2 Å². The van der Waals surface area contributed by atoms with Crippen LogP contribution in [-0.4, -0.2) is 232 Å². The minimum atomic E-state index is -0.895. The number of carboxylic acid groups (broad SMARTS) is 1. The number of amides is 10. The zero-order valence-electron chi connectivity index (χ0n) is 70.2. The average Bonchev–Trinajstić information content (AvgIpc) is 0.836. The molecule has 0 unspecified atom stereocenters. The second-order valence-electron chi connectivity index (χ2n) is 32.9. The van der Waals surface area contributed by atoms with Crippen molar-refractivity contribution in [2.75, 3.05) is 91.6 Å². The predicted molar refractivity (Wildman–Crippen MR) is 434 cm³/mol. The molecule has 3 aromatic carbocycles. The standard InChI is InChI=1S/C26H39N5O4.C26H41N3O4.C18H34N4O4.C15H21NO4/c1-5-6-7-22(18-31(35)19-32)24(33)28-23(26(2,3)4)25(34)30-14-12-29(13-15-30)17-21-10-8-20(16-27)9-11-21;1-5-6-15-22(18-29(20-30)33-19-21-13-9-7-10-14-21)24(31)27-23(26(2,3)4)25(32)28-16-11-8-12-17-28;1-5-6-7-14(12-22(26)13-23)16(24)20-15(18(2,3)4)17(25)21-10-8-19-9-11-21;1-2-3-9-14(15(18)19)10-16(12-17)20-11-13-7-5-4-6-8-13/h8-11,19,22-23,35H,5-7,12-15,17-18H2,1-4H3,(H,28,33);7,9-10,13-14,20,22-23H,5-6,8,11-12,15-19H2,1-4H3,(H,27,31);13-15,19,26H,5-12H2,1-4H3,(H,20,24);4-8,12,14H,2-3,9-11H2,1H3,(H,18,19)/t2*22-,23-;14-,15-;14-/m1111/s1. The van der Waals surface area contributed by atoms with E-state index in [-0.39, 0.29) is 81.2 Å². The number of likely N-dealkylation sites (tertiary alicyclic amines) is 1. The molecule has 0 bridgehead atoms. The summed E-state index contributed by atoms with van der Waals surface area (Å²) in [5.41, 5.74) is 2.25. The van der Waals surface area contributed by atoms with Gasteiger partial charge in [-0.15, -0.1) is 0 Å². The smallest absolute Gasteiger partial charge is 0.308 e. The van der Waals surface area contributed by atoms with Gasteiger partial charge in [-0.05, 0) is 90.0 Å². The maximum absolute atomic E-state index is 13.5. The van der Waals surface area contributed by atoms with Crippen LogP contribution in [0, 0.1) is 51.2 Å². The Morgan fingerprint density at radius 1 is 0.465 bits per heavy atom.